The van der Waals surface area contributed by atoms with E-state index in [9.17, 15) is 4.79 Å². The zero-order valence-electron chi connectivity index (χ0n) is 11.5. The van der Waals surface area contributed by atoms with Crippen LogP contribution in [0.5, 0.6) is 0 Å². The number of hydrogen-bond donors (Lipinski definition) is 0. The van der Waals surface area contributed by atoms with Gasteiger partial charge in [-0.15, -0.1) is 0 Å². The van der Waals surface area contributed by atoms with Gasteiger partial charge in [-0.3, -0.25) is 9.69 Å². The van der Waals surface area contributed by atoms with Crippen molar-refractivity contribution in [2.24, 2.45) is 0 Å². The van der Waals surface area contributed by atoms with Gasteiger partial charge in [0.2, 0.25) is 0 Å². The molecule has 1 aromatic rings. The largest absolute Gasteiger partial charge is 0.300 e. The lowest BCUT2D eigenvalue weighted by Crippen LogP contribution is -2.31. The number of Topliss-reactive ketones (excluding diaryl/α,β-unsaturated/α-hetero) is 1. The molecule has 0 N–H and O–H groups in total. The number of likely N-dealkylation sites (tertiary alicyclic amines) is 1. The first kappa shape index (κ1) is 13.3. The van der Waals surface area contributed by atoms with Crippen LogP contribution in [0.25, 0.3) is 0 Å². The molecule has 0 radical (unpaired) electrons. The molecule has 1 saturated heterocycles. The van der Waals surface area contributed by atoms with Crippen LogP contribution in [-0.4, -0.2) is 29.8 Å². The SMILES string of the molecule is CCC1CCCN1CCC(=O)c1ccccc1C. The minimum absolute atomic E-state index is 0.287. The molecular formula is C16H23NO. The van der Waals surface area contributed by atoms with Gasteiger partial charge in [-0.05, 0) is 38.3 Å². The Morgan fingerprint density at radius 2 is 2.17 bits per heavy atom. The number of aryl methyl sites for hydroxylation is 1. The Bertz CT molecular complexity index is 413. The fourth-order valence-corrected chi connectivity index (χ4v) is 2.92. The van der Waals surface area contributed by atoms with E-state index in [1.165, 1.54) is 25.8 Å². The minimum Gasteiger partial charge on any atom is -0.300 e. The van der Waals surface area contributed by atoms with Crippen molar-refractivity contribution < 1.29 is 4.79 Å². The van der Waals surface area contributed by atoms with E-state index in [0.717, 1.165) is 17.7 Å². The zero-order chi connectivity index (χ0) is 13.0. The van der Waals surface area contributed by atoms with Gasteiger partial charge < -0.3 is 0 Å². The van der Waals surface area contributed by atoms with Gasteiger partial charge in [-0.2, -0.15) is 0 Å². The van der Waals surface area contributed by atoms with Crippen LogP contribution in [0.2, 0.25) is 0 Å². The van der Waals surface area contributed by atoms with E-state index in [-0.39, 0.29) is 5.78 Å². The standard InChI is InChI=1S/C16H23NO/c1-3-14-8-6-11-17(14)12-10-16(18)15-9-5-4-7-13(15)2/h4-5,7,9,14H,3,6,8,10-12H2,1-2H3. The summed E-state index contributed by atoms with van der Waals surface area (Å²) in [4.78, 5) is 14.7. The van der Waals surface area contributed by atoms with Gasteiger partial charge in [0.05, 0.1) is 0 Å². The highest BCUT2D eigenvalue weighted by Gasteiger charge is 2.23. The van der Waals surface area contributed by atoms with Crippen LogP contribution in [0.4, 0.5) is 0 Å². The average molecular weight is 245 g/mol. The van der Waals surface area contributed by atoms with Crippen LogP contribution in [0.15, 0.2) is 24.3 Å². The molecule has 0 saturated carbocycles. The van der Waals surface area contributed by atoms with Crippen molar-refractivity contribution in [3.8, 4) is 0 Å². The molecule has 0 spiro atoms. The Balaban J connectivity index is 1.91. The van der Waals surface area contributed by atoms with Crippen molar-refractivity contribution in [2.45, 2.75) is 45.6 Å². The predicted molar refractivity (Wildman–Crippen MR) is 75.0 cm³/mol. The molecule has 0 bridgehead atoms. The Morgan fingerprint density at radius 3 is 2.89 bits per heavy atom. The van der Waals surface area contributed by atoms with Crippen molar-refractivity contribution >= 4 is 5.78 Å². The summed E-state index contributed by atoms with van der Waals surface area (Å²) < 4.78 is 0. The molecule has 1 unspecified atom stereocenters. The van der Waals surface area contributed by atoms with E-state index in [1.54, 1.807) is 0 Å². The molecule has 1 fully saturated rings. The highest BCUT2D eigenvalue weighted by Crippen LogP contribution is 2.20. The van der Waals surface area contributed by atoms with Gasteiger partial charge in [0.15, 0.2) is 5.78 Å². The Morgan fingerprint density at radius 1 is 1.39 bits per heavy atom. The molecule has 1 atom stereocenters. The Kier molecular flexibility index (Phi) is 4.54. The van der Waals surface area contributed by atoms with Gasteiger partial charge >= 0.3 is 0 Å². The first-order chi connectivity index (χ1) is 8.72. The summed E-state index contributed by atoms with van der Waals surface area (Å²) in [6, 6.07) is 8.59. The monoisotopic (exact) mass is 245 g/mol. The quantitative estimate of drug-likeness (QED) is 0.741. The molecule has 1 heterocycles. The second kappa shape index (κ2) is 6.14. The van der Waals surface area contributed by atoms with Crippen molar-refractivity contribution in [3.63, 3.8) is 0 Å². The van der Waals surface area contributed by atoms with E-state index in [4.69, 9.17) is 0 Å². The third-order valence-corrected chi connectivity index (χ3v) is 4.04. The summed E-state index contributed by atoms with van der Waals surface area (Å²) in [5.74, 6) is 0.287. The molecular weight excluding hydrogens is 222 g/mol. The summed E-state index contributed by atoms with van der Waals surface area (Å²) in [6.07, 6.45) is 4.45. The number of carbonyl (C=O) groups excluding carboxylic acids is 1. The van der Waals surface area contributed by atoms with E-state index >= 15 is 0 Å². The molecule has 0 aliphatic carbocycles. The molecule has 1 aliphatic heterocycles. The second-order valence-electron chi connectivity index (χ2n) is 5.23. The van der Waals surface area contributed by atoms with Crippen LogP contribution < -0.4 is 0 Å². The molecule has 18 heavy (non-hydrogen) atoms. The first-order valence-corrected chi connectivity index (χ1v) is 7.05. The summed E-state index contributed by atoms with van der Waals surface area (Å²) >= 11 is 0. The summed E-state index contributed by atoms with van der Waals surface area (Å²) in [7, 11) is 0. The maximum absolute atomic E-state index is 12.2. The fourth-order valence-electron chi connectivity index (χ4n) is 2.92. The smallest absolute Gasteiger partial charge is 0.164 e. The molecule has 0 aromatic heterocycles. The van der Waals surface area contributed by atoms with Gasteiger partial charge in [0, 0.05) is 24.6 Å². The molecule has 1 aromatic carbocycles. The van der Waals surface area contributed by atoms with E-state index in [1.807, 2.05) is 31.2 Å². The third-order valence-electron chi connectivity index (χ3n) is 4.04. The summed E-state index contributed by atoms with van der Waals surface area (Å²) in [5.41, 5.74) is 1.99. The molecule has 0 amide bonds. The van der Waals surface area contributed by atoms with Crippen molar-refractivity contribution in [1.29, 1.82) is 0 Å². The van der Waals surface area contributed by atoms with E-state index < -0.39 is 0 Å². The maximum Gasteiger partial charge on any atom is 0.164 e. The number of nitrogens with zero attached hydrogens (tertiary/aromatic N) is 1. The molecule has 2 rings (SSSR count). The van der Waals surface area contributed by atoms with Gasteiger partial charge in [0.1, 0.15) is 0 Å². The number of carbonyl (C=O) groups is 1. The zero-order valence-corrected chi connectivity index (χ0v) is 11.5. The number of ketones is 1. The van der Waals surface area contributed by atoms with Gasteiger partial charge in [-0.25, -0.2) is 0 Å². The number of hydrogen-bond acceptors (Lipinski definition) is 2. The fraction of sp³-hybridized carbons (Fsp3) is 0.562. The first-order valence-electron chi connectivity index (χ1n) is 7.05. The minimum atomic E-state index is 0.287. The van der Waals surface area contributed by atoms with Crippen molar-refractivity contribution in [2.75, 3.05) is 13.1 Å². The lowest BCUT2D eigenvalue weighted by atomic mass is 10.0. The van der Waals surface area contributed by atoms with Crippen LogP contribution in [-0.2, 0) is 0 Å². The van der Waals surface area contributed by atoms with Crippen LogP contribution >= 0.6 is 0 Å². The maximum atomic E-state index is 12.2. The van der Waals surface area contributed by atoms with Crippen molar-refractivity contribution in [3.05, 3.63) is 35.4 Å². The highest BCUT2D eigenvalue weighted by atomic mass is 16.1. The lowest BCUT2D eigenvalue weighted by molar-refractivity contribution is 0.0960. The van der Waals surface area contributed by atoms with Crippen LogP contribution in [0.1, 0.15) is 48.5 Å². The molecule has 98 valence electrons. The summed E-state index contributed by atoms with van der Waals surface area (Å²) in [6.45, 7) is 6.34. The van der Waals surface area contributed by atoms with Crippen LogP contribution in [0.3, 0.4) is 0 Å². The van der Waals surface area contributed by atoms with Crippen molar-refractivity contribution in [1.82, 2.24) is 4.90 Å². The Hall–Kier alpha value is -1.15. The second-order valence-corrected chi connectivity index (χ2v) is 5.23. The molecule has 2 nitrogen and oxygen atoms in total. The normalized spacial score (nSPS) is 20.2. The summed E-state index contributed by atoms with van der Waals surface area (Å²) in [5, 5.41) is 0. The number of benzene rings is 1. The Labute approximate surface area is 110 Å². The molecule has 1 aliphatic rings. The topological polar surface area (TPSA) is 20.3 Å². The van der Waals surface area contributed by atoms with E-state index in [2.05, 4.69) is 11.8 Å². The average Bonchev–Trinajstić information content (AvgIpc) is 2.84. The van der Waals surface area contributed by atoms with Crippen LogP contribution in [0, 0.1) is 6.92 Å². The highest BCUT2D eigenvalue weighted by molar-refractivity contribution is 5.97. The third kappa shape index (κ3) is 2.99. The number of rotatable bonds is 5. The van der Waals surface area contributed by atoms with Gasteiger partial charge in [0.25, 0.3) is 0 Å². The predicted octanol–water partition coefficient (Wildman–Crippen LogP) is 3.44. The lowest BCUT2D eigenvalue weighted by Gasteiger charge is -2.22. The molecule has 2 heteroatoms. The van der Waals surface area contributed by atoms with E-state index in [0.29, 0.717) is 12.5 Å². The van der Waals surface area contributed by atoms with Gasteiger partial charge in [-0.1, -0.05) is 31.2 Å².